The van der Waals surface area contributed by atoms with Crippen molar-refractivity contribution in [2.24, 2.45) is 0 Å². The number of hydrogen-bond acceptors (Lipinski definition) is 5. The van der Waals surface area contributed by atoms with Crippen LogP contribution in [0.5, 0.6) is 5.75 Å². The summed E-state index contributed by atoms with van der Waals surface area (Å²) >= 11 is 19.2. The number of rotatable bonds is 5. The number of benzene rings is 3. The lowest BCUT2D eigenvalue weighted by atomic mass is 9.59. The molecule has 5 rings (SSSR count). The van der Waals surface area contributed by atoms with Gasteiger partial charge in [-0.15, -0.1) is 0 Å². The number of hydrogen-bond donors (Lipinski definition) is 2. The first-order valence-corrected chi connectivity index (χ1v) is 13.8. The first-order chi connectivity index (χ1) is 18.9. The number of ether oxygens (including phenoxy) is 2. The fourth-order valence-electron chi connectivity index (χ4n) is 5.89. The predicted molar refractivity (Wildman–Crippen MR) is 154 cm³/mol. The Kier molecular flexibility index (Phi) is 7.27. The summed E-state index contributed by atoms with van der Waals surface area (Å²) in [5, 5.41) is 7.39. The van der Waals surface area contributed by atoms with Gasteiger partial charge in [-0.1, -0.05) is 46.9 Å². The molecule has 1 spiro atoms. The van der Waals surface area contributed by atoms with Crippen LogP contribution in [0.4, 0.5) is 5.69 Å². The average Bonchev–Trinajstić information content (AvgIpc) is 3.18. The number of carbonyl (C=O) groups is 3. The van der Waals surface area contributed by atoms with Gasteiger partial charge < -0.3 is 20.1 Å². The second-order valence-electron chi connectivity index (χ2n) is 10.6. The van der Waals surface area contributed by atoms with Gasteiger partial charge in [-0.05, 0) is 79.9 Å². The van der Waals surface area contributed by atoms with E-state index in [2.05, 4.69) is 10.6 Å². The van der Waals surface area contributed by atoms with Crippen LogP contribution in [0.25, 0.3) is 0 Å². The van der Waals surface area contributed by atoms with Crippen molar-refractivity contribution < 1.29 is 23.9 Å². The van der Waals surface area contributed by atoms with Crippen molar-refractivity contribution >= 4 is 58.3 Å². The Bertz CT molecular complexity index is 1560. The first kappa shape index (κ1) is 28.3. The molecule has 0 aliphatic carbocycles. The fraction of sp³-hybridized carbons (Fsp3) is 0.300. The number of amides is 2. The van der Waals surface area contributed by atoms with Crippen LogP contribution in [0.2, 0.25) is 15.1 Å². The summed E-state index contributed by atoms with van der Waals surface area (Å²) < 4.78 is 11.2. The molecule has 40 heavy (non-hydrogen) atoms. The smallest absolute Gasteiger partial charge is 0.349 e. The number of piperidine rings is 1. The molecule has 0 aromatic heterocycles. The summed E-state index contributed by atoms with van der Waals surface area (Å²) in [6.45, 7) is 5.06. The van der Waals surface area contributed by atoms with Gasteiger partial charge in [0.1, 0.15) is 11.2 Å². The predicted octanol–water partition coefficient (Wildman–Crippen LogP) is 6.52. The third-order valence-electron chi connectivity index (χ3n) is 7.69. The quantitative estimate of drug-likeness (QED) is 0.325. The van der Waals surface area contributed by atoms with Crippen LogP contribution in [-0.2, 0) is 24.5 Å². The summed E-state index contributed by atoms with van der Waals surface area (Å²) in [4.78, 5) is 40.3. The molecule has 0 bridgehead atoms. The zero-order valence-electron chi connectivity index (χ0n) is 22.2. The van der Waals surface area contributed by atoms with Crippen LogP contribution < -0.4 is 15.4 Å². The molecule has 3 aromatic rings. The van der Waals surface area contributed by atoms with E-state index in [4.69, 9.17) is 44.3 Å². The number of fused-ring (bicyclic) bond motifs is 2. The van der Waals surface area contributed by atoms with Gasteiger partial charge in [-0.25, -0.2) is 4.79 Å². The lowest BCUT2D eigenvalue weighted by Gasteiger charge is -2.47. The highest BCUT2D eigenvalue weighted by molar-refractivity contribution is 6.31. The molecule has 2 N–H and O–H groups in total. The SMILES string of the molecule is COC(=O)C(C)(C)Oc1ccc(Cl)cc1C1CC(=O)NC(c2cc(Cl)ccc2C)C12C(=O)Nc1cc(Cl)ccc12. The summed E-state index contributed by atoms with van der Waals surface area (Å²) in [7, 11) is 1.28. The minimum absolute atomic E-state index is 0.0546. The van der Waals surface area contributed by atoms with Crippen LogP contribution >= 0.6 is 34.8 Å². The van der Waals surface area contributed by atoms with Crippen LogP contribution in [-0.4, -0.2) is 30.5 Å². The monoisotopic (exact) mass is 600 g/mol. The van der Waals surface area contributed by atoms with Gasteiger partial charge >= 0.3 is 5.97 Å². The molecule has 3 unspecified atom stereocenters. The molecule has 10 heteroatoms. The molecule has 1 fully saturated rings. The number of nitrogens with one attached hydrogen (secondary N) is 2. The number of esters is 1. The van der Waals surface area contributed by atoms with Crippen LogP contribution in [0.3, 0.4) is 0 Å². The van der Waals surface area contributed by atoms with Crippen LogP contribution in [0, 0.1) is 6.92 Å². The Morgan fingerprint density at radius 2 is 1.57 bits per heavy atom. The first-order valence-electron chi connectivity index (χ1n) is 12.6. The topological polar surface area (TPSA) is 93.7 Å². The van der Waals surface area contributed by atoms with E-state index < -0.39 is 28.9 Å². The van der Waals surface area contributed by atoms with Gasteiger partial charge in [0, 0.05) is 38.7 Å². The fourth-order valence-corrected chi connectivity index (χ4v) is 6.42. The Hall–Kier alpha value is -3.26. The Labute approximate surface area is 247 Å². The van der Waals surface area contributed by atoms with Crippen molar-refractivity contribution in [3.05, 3.63) is 91.9 Å². The summed E-state index contributed by atoms with van der Waals surface area (Å²) in [6.07, 6.45) is -0.0546. The molecule has 2 amide bonds. The van der Waals surface area contributed by atoms with E-state index in [1.165, 1.54) is 7.11 Å². The van der Waals surface area contributed by atoms with Crippen molar-refractivity contribution in [3.8, 4) is 5.75 Å². The molecule has 2 aliphatic heterocycles. The molecular formula is C30H27Cl3N2O5. The molecule has 2 aliphatic rings. The van der Waals surface area contributed by atoms with Crippen molar-refractivity contribution in [2.45, 2.75) is 50.2 Å². The molecule has 3 aromatic carbocycles. The standard InChI is InChI=1S/C30H27Cl3N2O5/c1-15-5-6-16(31)11-19(15)26-30(21-9-7-18(33)13-23(21)34-27(30)37)22(14-25(36)35-26)20-12-17(32)8-10-24(20)40-29(2,3)28(38)39-4/h5-13,22,26H,14H2,1-4H3,(H,34,37)(H,35,36). The molecule has 7 nitrogen and oxygen atoms in total. The number of aryl methyl sites for hydroxylation is 1. The molecule has 0 saturated carbocycles. The molecule has 3 atom stereocenters. The zero-order valence-corrected chi connectivity index (χ0v) is 24.5. The van der Waals surface area contributed by atoms with E-state index >= 15 is 0 Å². The number of carbonyl (C=O) groups excluding carboxylic acids is 3. The largest absolute Gasteiger partial charge is 0.476 e. The van der Waals surface area contributed by atoms with Gasteiger partial charge in [-0.3, -0.25) is 9.59 Å². The summed E-state index contributed by atoms with van der Waals surface area (Å²) in [5.41, 5.74) is 0.538. The summed E-state index contributed by atoms with van der Waals surface area (Å²) in [5.74, 6) is -1.63. The Balaban J connectivity index is 1.81. The summed E-state index contributed by atoms with van der Waals surface area (Å²) in [6, 6.07) is 14.7. The minimum Gasteiger partial charge on any atom is -0.476 e. The maximum Gasteiger partial charge on any atom is 0.349 e. The van der Waals surface area contributed by atoms with Crippen molar-refractivity contribution in [3.63, 3.8) is 0 Å². The molecule has 2 heterocycles. The Morgan fingerprint density at radius 1 is 0.950 bits per heavy atom. The molecular weight excluding hydrogens is 575 g/mol. The van der Waals surface area contributed by atoms with E-state index in [1.807, 2.05) is 13.0 Å². The van der Waals surface area contributed by atoms with Crippen LogP contribution in [0.15, 0.2) is 54.6 Å². The van der Waals surface area contributed by atoms with Gasteiger partial charge in [0.05, 0.1) is 13.2 Å². The number of methoxy groups -OCH3 is 1. The molecule has 1 saturated heterocycles. The van der Waals surface area contributed by atoms with E-state index in [9.17, 15) is 14.4 Å². The maximum atomic E-state index is 14.3. The van der Waals surface area contributed by atoms with Gasteiger partial charge in [0.2, 0.25) is 11.8 Å². The third-order valence-corrected chi connectivity index (χ3v) is 8.40. The highest BCUT2D eigenvalue weighted by atomic mass is 35.5. The molecule has 0 radical (unpaired) electrons. The minimum atomic E-state index is -1.37. The van der Waals surface area contributed by atoms with E-state index in [0.717, 1.165) is 5.56 Å². The van der Waals surface area contributed by atoms with Crippen LogP contribution in [0.1, 0.15) is 54.5 Å². The van der Waals surface area contributed by atoms with E-state index in [0.29, 0.717) is 43.2 Å². The second kappa shape index (κ2) is 10.3. The average molecular weight is 602 g/mol. The van der Waals surface area contributed by atoms with Gasteiger partial charge in [0.25, 0.3) is 0 Å². The maximum absolute atomic E-state index is 14.3. The second-order valence-corrected chi connectivity index (χ2v) is 11.9. The van der Waals surface area contributed by atoms with E-state index in [1.54, 1.807) is 62.4 Å². The van der Waals surface area contributed by atoms with Gasteiger partial charge in [0.15, 0.2) is 5.60 Å². The van der Waals surface area contributed by atoms with Crippen molar-refractivity contribution in [1.82, 2.24) is 5.32 Å². The van der Waals surface area contributed by atoms with E-state index in [-0.39, 0.29) is 18.2 Å². The highest BCUT2D eigenvalue weighted by Crippen LogP contribution is 2.59. The number of anilines is 1. The van der Waals surface area contributed by atoms with Gasteiger partial charge in [-0.2, -0.15) is 0 Å². The zero-order chi connectivity index (χ0) is 29.0. The lowest BCUT2D eigenvalue weighted by molar-refractivity contribution is -0.156. The van der Waals surface area contributed by atoms with Crippen molar-refractivity contribution in [2.75, 3.05) is 12.4 Å². The highest BCUT2D eigenvalue weighted by Gasteiger charge is 2.62. The molecule has 208 valence electrons. The normalized spacial score (nSPS) is 22.0. The lowest BCUT2D eigenvalue weighted by Crippen LogP contribution is -2.57. The number of halogens is 3. The Morgan fingerprint density at radius 3 is 2.27 bits per heavy atom. The van der Waals surface area contributed by atoms with Crippen molar-refractivity contribution in [1.29, 1.82) is 0 Å². The third kappa shape index (κ3) is 4.60.